The van der Waals surface area contributed by atoms with Gasteiger partial charge in [0.05, 0.1) is 15.9 Å². The van der Waals surface area contributed by atoms with E-state index < -0.39 is 29.2 Å². The number of nitrogens with zero attached hydrogens (tertiary/aromatic N) is 3. The topological polar surface area (TPSA) is 167 Å². The van der Waals surface area contributed by atoms with Gasteiger partial charge in [-0.2, -0.15) is 0 Å². The second-order valence-electron chi connectivity index (χ2n) is 8.01. The summed E-state index contributed by atoms with van der Waals surface area (Å²) in [6, 6.07) is 7.83. The largest absolute Gasteiger partial charge is 1.00 e. The number of nitrogens with one attached hydrogen (secondary N) is 1. The molecule has 1 saturated heterocycles. The van der Waals surface area contributed by atoms with Crippen LogP contribution in [-0.2, 0) is 19.2 Å². The summed E-state index contributed by atoms with van der Waals surface area (Å²) in [5.74, 6) is -2.20. The molecule has 39 heavy (non-hydrogen) atoms. The summed E-state index contributed by atoms with van der Waals surface area (Å²) in [4.78, 5) is 60.3. The van der Waals surface area contributed by atoms with E-state index in [0.717, 1.165) is 25.1 Å². The summed E-state index contributed by atoms with van der Waals surface area (Å²) in [5, 5.41) is 20.1. The first kappa shape index (κ1) is 29.6. The van der Waals surface area contributed by atoms with Gasteiger partial charge in [-0.3, -0.25) is 19.3 Å². The number of anilines is 1. The van der Waals surface area contributed by atoms with Gasteiger partial charge >= 0.3 is 29.6 Å². The Kier molecular flexibility index (Phi) is 9.41. The SMILES string of the molecule is CO/N=C(\C(=O)N[C@@H]1C(=O)N2C(C(=O)[O-])=C(CSc3cc(=O)c4ccccc4s3)CS[C@H]12)c1csc(N)n1.[Na+]. The number of thiazole rings is 1. The summed E-state index contributed by atoms with van der Waals surface area (Å²) in [6.45, 7) is 0. The molecule has 196 valence electrons. The molecule has 0 saturated carbocycles. The zero-order chi connectivity index (χ0) is 27.0. The molecule has 11 nitrogen and oxygen atoms in total. The molecule has 2 atom stereocenters. The van der Waals surface area contributed by atoms with Gasteiger partial charge in [0, 0.05) is 33.0 Å². The monoisotopic (exact) mass is 611 g/mol. The van der Waals surface area contributed by atoms with Gasteiger partial charge in [-0.15, -0.1) is 46.2 Å². The van der Waals surface area contributed by atoms with E-state index in [1.807, 2.05) is 12.1 Å². The minimum atomic E-state index is -1.48. The van der Waals surface area contributed by atoms with Crippen LogP contribution in [0.15, 0.2) is 61.1 Å². The van der Waals surface area contributed by atoms with Gasteiger partial charge in [0.25, 0.3) is 11.8 Å². The van der Waals surface area contributed by atoms with Crippen LogP contribution in [0, 0.1) is 0 Å². The Morgan fingerprint density at radius 1 is 1.33 bits per heavy atom. The number of nitrogen functional groups attached to an aromatic ring is 1. The molecule has 3 N–H and O–H groups in total. The van der Waals surface area contributed by atoms with E-state index in [1.165, 1.54) is 53.4 Å². The molecular weight excluding hydrogens is 594 g/mol. The minimum absolute atomic E-state index is 0. The normalized spacial score (nSPS) is 18.7. The maximum absolute atomic E-state index is 13.0. The van der Waals surface area contributed by atoms with E-state index in [2.05, 4.69) is 15.5 Å². The van der Waals surface area contributed by atoms with Crippen molar-refractivity contribution < 1.29 is 53.9 Å². The Balaban J connectivity index is 0.00000353. The number of thioether (sulfide) groups is 2. The molecule has 0 aliphatic carbocycles. The van der Waals surface area contributed by atoms with Crippen LogP contribution < -0.4 is 51.1 Å². The van der Waals surface area contributed by atoms with E-state index >= 15 is 0 Å². The molecule has 5 rings (SSSR count). The summed E-state index contributed by atoms with van der Waals surface area (Å²) < 4.78 is 1.57. The molecule has 0 bridgehead atoms. The molecule has 2 aliphatic rings. The van der Waals surface area contributed by atoms with Crippen LogP contribution in [0.3, 0.4) is 0 Å². The number of hydrogen-bond donors (Lipinski definition) is 2. The average Bonchev–Trinajstić information content (AvgIpc) is 3.33. The van der Waals surface area contributed by atoms with E-state index in [0.29, 0.717) is 16.7 Å². The first-order valence-electron chi connectivity index (χ1n) is 11.0. The van der Waals surface area contributed by atoms with Crippen molar-refractivity contribution in [3.63, 3.8) is 0 Å². The third kappa shape index (κ3) is 5.89. The van der Waals surface area contributed by atoms with Crippen molar-refractivity contribution in [2.24, 2.45) is 5.16 Å². The van der Waals surface area contributed by atoms with E-state index in [-0.39, 0.29) is 63.0 Å². The number of hydrogen-bond acceptors (Lipinski definition) is 13. The minimum Gasteiger partial charge on any atom is -0.543 e. The van der Waals surface area contributed by atoms with Gasteiger partial charge in [-0.1, -0.05) is 17.3 Å². The van der Waals surface area contributed by atoms with Crippen LogP contribution in [0.4, 0.5) is 5.13 Å². The number of carboxylic acid groups (broad SMARTS) is 1. The number of aromatic nitrogens is 1. The Labute approximate surface area is 260 Å². The molecule has 4 heterocycles. The Morgan fingerprint density at radius 3 is 2.79 bits per heavy atom. The van der Waals surface area contributed by atoms with Gasteiger partial charge < -0.3 is 25.8 Å². The number of carboxylic acids is 1. The van der Waals surface area contributed by atoms with Crippen molar-refractivity contribution in [2.45, 2.75) is 15.6 Å². The molecule has 0 spiro atoms. The van der Waals surface area contributed by atoms with Crippen molar-refractivity contribution in [3.8, 4) is 0 Å². The van der Waals surface area contributed by atoms with Crippen molar-refractivity contribution in [2.75, 3.05) is 24.3 Å². The van der Waals surface area contributed by atoms with Crippen molar-refractivity contribution >= 4 is 84.9 Å². The number of nitrogens with two attached hydrogens (primary N) is 1. The van der Waals surface area contributed by atoms with E-state index in [9.17, 15) is 24.3 Å². The predicted octanol–water partition coefficient (Wildman–Crippen LogP) is -2.15. The van der Waals surface area contributed by atoms with Crippen molar-refractivity contribution in [3.05, 3.63) is 62.9 Å². The third-order valence-electron chi connectivity index (χ3n) is 5.69. The van der Waals surface area contributed by atoms with Gasteiger partial charge in [0.2, 0.25) is 0 Å². The molecule has 2 aromatic heterocycles. The number of amides is 2. The number of carbonyl (C=O) groups is 3. The summed E-state index contributed by atoms with van der Waals surface area (Å²) in [6.07, 6.45) is 0. The summed E-state index contributed by atoms with van der Waals surface area (Å²) >= 11 is 5.21. The van der Waals surface area contributed by atoms with Gasteiger partial charge in [-0.25, -0.2) is 4.98 Å². The molecule has 16 heteroatoms. The predicted molar refractivity (Wildman–Crippen MR) is 146 cm³/mol. The van der Waals surface area contributed by atoms with Gasteiger partial charge in [0.15, 0.2) is 16.3 Å². The third-order valence-corrected chi connectivity index (χ3v) is 10.1. The molecule has 0 radical (unpaired) electrons. The Hall–Kier alpha value is -2.40. The molecule has 1 aromatic carbocycles. The molecule has 2 aliphatic heterocycles. The van der Waals surface area contributed by atoms with Crippen LogP contribution in [0.1, 0.15) is 5.69 Å². The summed E-state index contributed by atoms with van der Waals surface area (Å²) in [5.41, 5.74) is 5.86. The van der Waals surface area contributed by atoms with E-state index in [1.54, 1.807) is 12.1 Å². The average molecular weight is 612 g/mol. The fourth-order valence-electron chi connectivity index (χ4n) is 4.00. The molecule has 3 aromatic rings. The van der Waals surface area contributed by atoms with Gasteiger partial charge in [0.1, 0.15) is 24.2 Å². The van der Waals surface area contributed by atoms with Crippen molar-refractivity contribution in [1.29, 1.82) is 0 Å². The molecule has 1 fully saturated rings. The van der Waals surface area contributed by atoms with Crippen LogP contribution in [0.2, 0.25) is 0 Å². The first-order chi connectivity index (χ1) is 18.3. The number of benzene rings is 1. The van der Waals surface area contributed by atoms with Crippen LogP contribution in [0.25, 0.3) is 10.1 Å². The maximum atomic E-state index is 13.0. The zero-order valence-corrected chi connectivity index (χ0v) is 25.8. The number of rotatable bonds is 8. The quantitative estimate of drug-likeness (QED) is 0.0943. The number of aliphatic carboxylic acids is 1. The molecular formula is C23H18N5NaO6S4. The van der Waals surface area contributed by atoms with Crippen LogP contribution in [-0.4, -0.2) is 63.4 Å². The Morgan fingerprint density at radius 2 is 2.10 bits per heavy atom. The second-order valence-corrected chi connectivity index (χ2v) is 12.4. The number of β-lactam (4-membered cyclic amide) rings is 1. The van der Waals surface area contributed by atoms with Crippen molar-refractivity contribution in [1.82, 2.24) is 15.2 Å². The number of oxime groups is 1. The summed E-state index contributed by atoms with van der Waals surface area (Å²) in [7, 11) is 1.27. The second kappa shape index (κ2) is 12.4. The maximum Gasteiger partial charge on any atom is 1.00 e. The van der Waals surface area contributed by atoms with Gasteiger partial charge in [-0.05, 0) is 17.7 Å². The molecule has 0 unspecified atom stereocenters. The Bertz CT molecular complexity index is 1590. The van der Waals surface area contributed by atoms with E-state index in [4.69, 9.17) is 10.6 Å². The zero-order valence-electron chi connectivity index (χ0n) is 20.5. The van der Waals surface area contributed by atoms with Crippen LogP contribution >= 0.6 is 46.2 Å². The number of fused-ring (bicyclic) bond motifs is 2. The fraction of sp³-hybridized carbons (Fsp3) is 0.217. The van der Waals surface area contributed by atoms with Crippen LogP contribution in [0.5, 0.6) is 0 Å². The number of carbonyl (C=O) groups excluding carboxylic acids is 3. The molecule has 2 amide bonds. The first-order valence-corrected chi connectivity index (χ1v) is 14.7. The smallest absolute Gasteiger partial charge is 0.543 e. The fourth-order valence-corrected chi connectivity index (χ4v) is 8.25. The standard InChI is InChI=1S/C23H19N5O6S4.Na/c1-34-27-16(12-9-37-23(24)25-12)19(30)26-17-20(31)28-18(22(32)33)10(8-36-21(17)28)7-35-15-6-13(29)11-4-2-3-5-14(11)38-15;/h2-6,9,17,21H,7-8H2,1H3,(H2,24,25)(H,26,30)(H,32,33);/q;+1/p-1/b27-16-;/t17-,21-;/m1./s1.